The number of fused-ring (bicyclic) bond motifs is 4. The molecule has 3 saturated carbocycles. The topological polar surface area (TPSA) is 17.1 Å². The lowest BCUT2D eigenvalue weighted by molar-refractivity contribution is -0.307. The number of alkyl halides is 5. The Morgan fingerprint density at radius 2 is 1.60 bits per heavy atom. The zero-order valence-electron chi connectivity index (χ0n) is 19.9. The molecule has 5 aliphatic rings. The van der Waals surface area contributed by atoms with Crippen LogP contribution >= 0.6 is 0 Å². The third kappa shape index (κ3) is 3.64. The molecule has 0 saturated heterocycles. The highest BCUT2D eigenvalue weighted by atomic mass is 19.4. The highest BCUT2D eigenvalue weighted by Gasteiger charge is 2.66. The number of carbonyl (C=O) groups is 1. The molecule has 6 rings (SSSR count). The molecule has 0 amide bonds. The Hall–Kier alpha value is -1.98. The third-order valence-electron chi connectivity index (χ3n) is 9.95. The second-order valence-electron chi connectivity index (χ2n) is 11.8. The van der Waals surface area contributed by atoms with Crippen LogP contribution in [0.25, 0.3) is 0 Å². The number of benzene rings is 1. The maximum Gasteiger partial charge on any atom is 0.453 e. The molecule has 0 aliphatic heterocycles. The molecule has 3 fully saturated rings. The molecule has 0 aromatic heterocycles. The van der Waals surface area contributed by atoms with E-state index in [1.165, 1.54) is 29.6 Å². The molecular formula is C29H31F5O. The van der Waals surface area contributed by atoms with Gasteiger partial charge >= 0.3 is 12.1 Å². The molecule has 0 heterocycles. The molecule has 188 valence electrons. The van der Waals surface area contributed by atoms with E-state index in [0.29, 0.717) is 32.1 Å². The van der Waals surface area contributed by atoms with Crippen LogP contribution in [-0.4, -0.2) is 17.9 Å². The van der Waals surface area contributed by atoms with E-state index >= 15 is 0 Å². The molecule has 1 aromatic rings. The Kier molecular flexibility index (Phi) is 5.19. The zero-order chi connectivity index (χ0) is 24.8. The number of carbonyl (C=O) groups excluding carboxylic acids is 1. The number of ketones is 1. The van der Waals surface area contributed by atoms with E-state index in [-0.39, 0.29) is 35.4 Å². The van der Waals surface area contributed by atoms with Crippen molar-refractivity contribution >= 4 is 5.78 Å². The van der Waals surface area contributed by atoms with Gasteiger partial charge in [0.1, 0.15) is 0 Å². The third-order valence-corrected chi connectivity index (χ3v) is 9.95. The van der Waals surface area contributed by atoms with Crippen LogP contribution in [0.15, 0.2) is 47.1 Å². The second kappa shape index (κ2) is 7.76. The SMILES string of the molecule is CC1(c2ccc(C3CC(=O)C=C4CCC5C(=C43)CCC3C5CCC3C(F)(F)C(F)(F)F)cc2)CC1. The predicted molar refractivity (Wildman–Crippen MR) is 123 cm³/mol. The first-order valence-electron chi connectivity index (χ1n) is 13.0. The molecule has 6 heteroatoms. The minimum atomic E-state index is -5.49. The summed E-state index contributed by atoms with van der Waals surface area (Å²) < 4.78 is 68.3. The van der Waals surface area contributed by atoms with Crippen molar-refractivity contribution in [1.29, 1.82) is 0 Å². The monoisotopic (exact) mass is 490 g/mol. The van der Waals surface area contributed by atoms with Crippen LogP contribution in [0.2, 0.25) is 0 Å². The minimum Gasteiger partial charge on any atom is -0.295 e. The van der Waals surface area contributed by atoms with Crippen molar-refractivity contribution in [3.05, 3.63) is 58.2 Å². The average molecular weight is 491 g/mol. The maximum atomic E-state index is 14.4. The standard InChI is InChI=1S/C29H31F5O/c1-27(12-13-27)18-5-2-16(3-6-18)24-15-19(35)14-17-4-7-21-20-10-11-25(28(30,31)29(32,33)34)22(20)8-9-23(21)26(17)24/h2-3,5-6,14,20-22,24-25H,4,7-13,15H2,1H3. The lowest BCUT2D eigenvalue weighted by atomic mass is 9.60. The molecule has 0 radical (unpaired) electrons. The summed E-state index contributed by atoms with van der Waals surface area (Å²) in [6.07, 6.45) is 1.79. The van der Waals surface area contributed by atoms with Crippen LogP contribution in [0.5, 0.6) is 0 Å². The fraction of sp³-hybridized carbons (Fsp3) is 0.621. The normalized spacial score (nSPS) is 34.2. The van der Waals surface area contributed by atoms with Gasteiger partial charge in [0.25, 0.3) is 0 Å². The Morgan fingerprint density at radius 3 is 2.26 bits per heavy atom. The van der Waals surface area contributed by atoms with Crippen LogP contribution in [0.4, 0.5) is 22.0 Å². The fourth-order valence-corrected chi connectivity index (χ4v) is 7.85. The summed E-state index contributed by atoms with van der Waals surface area (Å²) in [5, 5.41) is 0. The van der Waals surface area contributed by atoms with Gasteiger partial charge in [0, 0.05) is 18.3 Å². The molecule has 0 bridgehead atoms. The van der Waals surface area contributed by atoms with E-state index in [0.717, 1.165) is 17.6 Å². The largest absolute Gasteiger partial charge is 0.453 e. The molecule has 5 atom stereocenters. The molecular weight excluding hydrogens is 459 g/mol. The first-order chi connectivity index (χ1) is 16.5. The van der Waals surface area contributed by atoms with Gasteiger partial charge in [-0.25, -0.2) is 0 Å². The molecule has 5 aliphatic carbocycles. The predicted octanol–water partition coefficient (Wildman–Crippen LogP) is 8.06. The van der Waals surface area contributed by atoms with Gasteiger partial charge in [-0.15, -0.1) is 0 Å². The zero-order valence-corrected chi connectivity index (χ0v) is 19.9. The van der Waals surface area contributed by atoms with Gasteiger partial charge in [-0.2, -0.15) is 22.0 Å². The lowest BCUT2D eigenvalue weighted by Gasteiger charge is -2.45. The van der Waals surface area contributed by atoms with Gasteiger partial charge < -0.3 is 0 Å². The molecule has 0 spiro atoms. The van der Waals surface area contributed by atoms with Crippen LogP contribution < -0.4 is 0 Å². The summed E-state index contributed by atoms with van der Waals surface area (Å²) in [6, 6.07) is 8.62. The van der Waals surface area contributed by atoms with Crippen molar-refractivity contribution in [2.75, 3.05) is 0 Å². The first-order valence-corrected chi connectivity index (χ1v) is 13.0. The molecule has 0 N–H and O–H groups in total. The van der Waals surface area contributed by atoms with E-state index in [9.17, 15) is 26.7 Å². The minimum absolute atomic E-state index is 0.0493. The van der Waals surface area contributed by atoms with Crippen molar-refractivity contribution in [2.24, 2.45) is 23.7 Å². The van der Waals surface area contributed by atoms with Crippen LogP contribution in [-0.2, 0) is 10.2 Å². The first kappa shape index (κ1) is 23.4. The summed E-state index contributed by atoms with van der Waals surface area (Å²) in [5.74, 6) is -6.84. The number of halogens is 5. The number of hydrogen-bond acceptors (Lipinski definition) is 1. The summed E-state index contributed by atoms with van der Waals surface area (Å²) in [5.41, 5.74) is 6.17. The van der Waals surface area contributed by atoms with Crippen LogP contribution in [0, 0.1) is 23.7 Å². The van der Waals surface area contributed by atoms with E-state index in [1.807, 2.05) is 0 Å². The lowest BCUT2D eigenvalue weighted by Crippen LogP contribution is -2.47. The van der Waals surface area contributed by atoms with Crippen LogP contribution in [0.3, 0.4) is 0 Å². The number of rotatable bonds is 3. The highest BCUT2D eigenvalue weighted by Crippen LogP contribution is 2.61. The quantitative estimate of drug-likeness (QED) is 0.392. The van der Waals surface area contributed by atoms with Crippen molar-refractivity contribution < 1.29 is 26.7 Å². The van der Waals surface area contributed by atoms with Crippen molar-refractivity contribution in [3.8, 4) is 0 Å². The molecule has 1 nitrogen and oxygen atoms in total. The molecule has 5 unspecified atom stereocenters. The Bertz CT molecular complexity index is 1100. The van der Waals surface area contributed by atoms with Gasteiger partial charge in [0.05, 0.1) is 0 Å². The Balaban J connectivity index is 1.34. The van der Waals surface area contributed by atoms with Gasteiger partial charge in [-0.05, 0) is 103 Å². The number of allylic oxidation sites excluding steroid dienone is 4. The Labute approximate surface area is 202 Å². The van der Waals surface area contributed by atoms with Crippen molar-refractivity contribution in [3.63, 3.8) is 0 Å². The van der Waals surface area contributed by atoms with E-state index in [4.69, 9.17) is 0 Å². The van der Waals surface area contributed by atoms with Gasteiger partial charge in [-0.3, -0.25) is 4.79 Å². The second-order valence-corrected chi connectivity index (χ2v) is 11.8. The summed E-state index contributed by atoms with van der Waals surface area (Å²) >= 11 is 0. The van der Waals surface area contributed by atoms with E-state index < -0.39 is 23.9 Å². The highest BCUT2D eigenvalue weighted by molar-refractivity contribution is 5.94. The van der Waals surface area contributed by atoms with Crippen molar-refractivity contribution in [2.45, 2.75) is 88.1 Å². The average Bonchev–Trinajstić information content (AvgIpc) is 3.40. The van der Waals surface area contributed by atoms with Crippen LogP contribution in [0.1, 0.15) is 81.8 Å². The van der Waals surface area contributed by atoms with Gasteiger partial charge in [-0.1, -0.05) is 36.8 Å². The van der Waals surface area contributed by atoms with Crippen molar-refractivity contribution in [1.82, 2.24) is 0 Å². The van der Waals surface area contributed by atoms with Gasteiger partial charge in [0.15, 0.2) is 5.78 Å². The van der Waals surface area contributed by atoms with E-state index in [2.05, 4.69) is 31.2 Å². The molecule has 35 heavy (non-hydrogen) atoms. The summed E-state index contributed by atoms with van der Waals surface area (Å²) in [6.45, 7) is 2.26. The fourth-order valence-electron chi connectivity index (χ4n) is 7.85. The van der Waals surface area contributed by atoms with E-state index in [1.54, 1.807) is 6.08 Å². The maximum absolute atomic E-state index is 14.4. The Morgan fingerprint density at radius 1 is 0.886 bits per heavy atom. The smallest absolute Gasteiger partial charge is 0.295 e. The molecule has 1 aromatic carbocycles. The number of hydrogen-bond donors (Lipinski definition) is 0. The van der Waals surface area contributed by atoms with Gasteiger partial charge in [0.2, 0.25) is 0 Å². The summed E-state index contributed by atoms with van der Waals surface area (Å²) in [7, 11) is 0. The summed E-state index contributed by atoms with van der Waals surface area (Å²) in [4.78, 5) is 12.6.